The molecule has 3 heterocycles. The Bertz CT molecular complexity index is 1300. The zero-order valence-corrected chi connectivity index (χ0v) is 21.1. The van der Waals surface area contributed by atoms with E-state index in [0.29, 0.717) is 50.2 Å². The number of ether oxygens (including phenoxy) is 1. The molecule has 0 aliphatic heterocycles. The van der Waals surface area contributed by atoms with Crippen molar-refractivity contribution in [1.82, 2.24) is 20.2 Å². The second-order valence-electron chi connectivity index (χ2n) is 7.36. The largest absolute Gasteiger partial charge is 0.462 e. The fraction of sp³-hybridized carbons (Fsp3) is 0.348. The smallest absolute Gasteiger partial charge is 0.348 e. The first-order chi connectivity index (χ1) is 16.4. The normalized spacial score (nSPS) is 11.2. The highest BCUT2D eigenvalue weighted by Gasteiger charge is 2.21. The van der Waals surface area contributed by atoms with Gasteiger partial charge in [-0.1, -0.05) is 11.8 Å². The predicted molar refractivity (Wildman–Crippen MR) is 135 cm³/mol. The Hall–Kier alpha value is -3.18. The molecule has 0 radical (unpaired) electrons. The second kappa shape index (κ2) is 10.4. The second-order valence-corrected chi connectivity index (χ2v) is 9.29. The van der Waals surface area contributed by atoms with Crippen LogP contribution < -0.4 is 10.6 Å². The molecule has 0 bridgehead atoms. The van der Waals surface area contributed by atoms with Gasteiger partial charge >= 0.3 is 5.97 Å². The van der Waals surface area contributed by atoms with E-state index in [0.717, 1.165) is 29.9 Å². The number of benzene rings is 1. The highest BCUT2D eigenvalue weighted by atomic mass is 32.2. The van der Waals surface area contributed by atoms with Crippen LogP contribution in [0.3, 0.4) is 0 Å². The minimum absolute atomic E-state index is 0.307. The van der Waals surface area contributed by atoms with Crippen LogP contribution in [-0.4, -0.2) is 45.8 Å². The van der Waals surface area contributed by atoms with E-state index in [1.807, 2.05) is 19.1 Å². The van der Waals surface area contributed by atoms with Gasteiger partial charge in [0.25, 0.3) is 5.22 Å². The third kappa shape index (κ3) is 4.85. The van der Waals surface area contributed by atoms with E-state index in [2.05, 4.69) is 51.0 Å². The van der Waals surface area contributed by atoms with Crippen LogP contribution in [0.25, 0.3) is 21.7 Å². The monoisotopic (exact) mass is 498 g/mol. The molecule has 178 valence electrons. The fourth-order valence-corrected chi connectivity index (χ4v) is 5.31. The van der Waals surface area contributed by atoms with Crippen molar-refractivity contribution >= 4 is 50.8 Å². The lowest BCUT2D eigenvalue weighted by molar-refractivity contribution is 0.0531. The van der Waals surface area contributed by atoms with Crippen LogP contribution in [0.1, 0.15) is 41.8 Å². The van der Waals surface area contributed by atoms with Crippen LogP contribution in [0.2, 0.25) is 0 Å². The summed E-state index contributed by atoms with van der Waals surface area (Å²) in [4.78, 5) is 24.6. The Balaban J connectivity index is 1.48. The number of thiophene rings is 1. The zero-order chi connectivity index (χ0) is 24.2. The van der Waals surface area contributed by atoms with Crippen molar-refractivity contribution in [3.8, 4) is 11.5 Å². The molecule has 0 aliphatic rings. The maximum Gasteiger partial charge on any atom is 0.348 e. The Morgan fingerprint density at radius 3 is 2.56 bits per heavy atom. The zero-order valence-electron chi connectivity index (χ0n) is 19.5. The molecule has 2 N–H and O–H groups in total. The van der Waals surface area contributed by atoms with Crippen molar-refractivity contribution in [2.75, 3.05) is 30.3 Å². The Labute approximate surface area is 205 Å². The van der Waals surface area contributed by atoms with E-state index in [4.69, 9.17) is 14.9 Å². The summed E-state index contributed by atoms with van der Waals surface area (Å²) >= 11 is 2.59. The molecule has 34 heavy (non-hydrogen) atoms. The molecule has 0 aliphatic carbocycles. The number of aryl methyl sites for hydroxylation is 1. The number of carbonyl (C=O) groups is 1. The quantitative estimate of drug-likeness (QED) is 0.251. The van der Waals surface area contributed by atoms with Crippen LogP contribution in [-0.2, 0) is 10.5 Å². The lowest BCUT2D eigenvalue weighted by Gasteiger charge is -2.20. The van der Waals surface area contributed by atoms with Gasteiger partial charge in [0, 0.05) is 24.3 Å². The molecule has 0 atom stereocenters. The molecule has 11 heteroatoms. The first-order valence-corrected chi connectivity index (χ1v) is 12.8. The summed E-state index contributed by atoms with van der Waals surface area (Å²) in [5.41, 5.74) is 8.94. The van der Waals surface area contributed by atoms with Crippen molar-refractivity contribution in [3.05, 3.63) is 40.5 Å². The van der Waals surface area contributed by atoms with Crippen LogP contribution >= 0.6 is 23.1 Å². The average Bonchev–Trinajstić information content (AvgIpc) is 3.44. The minimum Gasteiger partial charge on any atom is -0.462 e. The van der Waals surface area contributed by atoms with Gasteiger partial charge in [0.05, 0.1) is 17.7 Å². The molecule has 3 aromatic heterocycles. The van der Waals surface area contributed by atoms with E-state index < -0.39 is 0 Å². The van der Waals surface area contributed by atoms with E-state index in [-0.39, 0.29) is 5.97 Å². The van der Waals surface area contributed by atoms with Crippen molar-refractivity contribution < 1.29 is 13.9 Å². The number of rotatable bonds is 9. The van der Waals surface area contributed by atoms with Crippen LogP contribution in [0, 0.1) is 6.92 Å². The van der Waals surface area contributed by atoms with Crippen LogP contribution in [0.4, 0.5) is 11.5 Å². The first-order valence-electron chi connectivity index (χ1n) is 11.0. The number of esters is 1. The summed E-state index contributed by atoms with van der Waals surface area (Å²) in [5, 5.41) is 9.41. The summed E-state index contributed by atoms with van der Waals surface area (Å²) in [6.07, 6.45) is 0. The van der Waals surface area contributed by atoms with Crippen molar-refractivity contribution in [1.29, 1.82) is 0 Å². The number of hydrogen-bond acceptors (Lipinski definition) is 11. The van der Waals surface area contributed by atoms with Crippen molar-refractivity contribution in [2.24, 2.45) is 0 Å². The van der Waals surface area contributed by atoms with E-state index in [9.17, 15) is 4.79 Å². The molecule has 0 unspecified atom stereocenters. The summed E-state index contributed by atoms with van der Waals surface area (Å²) in [6.45, 7) is 10.1. The van der Waals surface area contributed by atoms with Gasteiger partial charge in [-0.15, -0.1) is 21.5 Å². The fourth-order valence-electron chi connectivity index (χ4n) is 3.59. The Morgan fingerprint density at radius 2 is 1.88 bits per heavy atom. The number of nitrogen functional groups attached to an aromatic ring is 1. The average molecular weight is 499 g/mol. The van der Waals surface area contributed by atoms with Gasteiger partial charge in [-0.3, -0.25) is 0 Å². The standard InChI is InChI=1S/C23H26N6O3S2/c1-5-29(6-2)15-10-8-14(9-11-15)20-27-28-23(32-20)33-12-16-25-19(24)17-13(4)18(22(30)31-7-3)34-21(17)26-16/h8-11H,5-7,12H2,1-4H3,(H2,24,25,26). The maximum absolute atomic E-state index is 12.2. The molecule has 0 amide bonds. The molecular formula is C23H26N6O3S2. The molecule has 0 saturated heterocycles. The number of nitrogens with zero attached hydrogens (tertiary/aromatic N) is 5. The lowest BCUT2D eigenvalue weighted by atomic mass is 10.2. The number of aromatic nitrogens is 4. The van der Waals surface area contributed by atoms with E-state index in [1.54, 1.807) is 6.92 Å². The highest BCUT2D eigenvalue weighted by molar-refractivity contribution is 7.98. The number of thioether (sulfide) groups is 1. The van der Waals surface area contributed by atoms with Gasteiger partial charge in [0.1, 0.15) is 21.3 Å². The lowest BCUT2D eigenvalue weighted by Crippen LogP contribution is -2.21. The SMILES string of the molecule is CCOC(=O)c1sc2nc(CSc3nnc(-c4ccc(N(CC)CC)cc4)o3)nc(N)c2c1C. The number of anilines is 2. The molecule has 4 rings (SSSR count). The molecule has 4 aromatic rings. The van der Waals surface area contributed by atoms with Crippen LogP contribution in [0.15, 0.2) is 33.9 Å². The number of nitrogens with two attached hydrogens (primary N) is 1. The summed E-state index contributed by atoms with van der Waals surface area (Å²) in [6, 6.07) is 8.07. The van der Waals surface area contributed by atoms with E-state index >= 15 is 0 Å². The number of hydrogen-bond donors (Lipinski definition) is 1. The Kier molecular flexibility index (Phi) is 7.32. The van der Waals surface area contributed by atoms with Crippen LogP contribution in [0.5, 0.6) is 0 Å². The van der Waals surface area contributed by atoms with E-state index in [1.165, 1.54) is 23.1 Å². The van der Waals surface area contributed by atoms with Gasteiger partial charge in [-0.2, -0.15) is 0 Å². The van der Waals surface area contributed by atoms with Gasteiger partial charge < -0.3 is 19.8 Å². The predicted octanol–water partition coefficient (Wildman–Crippen LogP) is 4.95. The first kappa shape index (κ1) is 24.0. The van der Waals surface area contributed by atoms with Crippen molar-refractivity contribution in [2.45, 2.75) is 38.7 Å². The minimum atomic E-state index is -0.373. The topological polar surface area (TPSA) is 120 Å². The Morgan fingerprint density at radius 1 is 1.15 bits per heavy atom. The summed E-state index contributed by atoms with van der Waals surface area (Å²) < 4.78 is 11.0. The van der Waals surface area contributed by atoms with Gasteiger partial charge in [-0.25, -0.2) is 14.8 Å². The molecule has 9 nitrogen and oxygen atoms in total. The molecular weight excluding hydrogens is 472 g/mol. The molecule has 0 saturated carbocycles. The third-order valence-corrected chi connectivity index (χ3v) is 7.28. The maximum atomic E-state index is 12.2. The summed E-state index contributed by atoms with van der Waals surface area (Å²) in [7, 11) is 0. The number of carbonyl (C=O) groups excluding carboxylic acids is 1. The highest BCUT2D eigenvalue weighted by Crippen LogP contribution is 2.34. The van der Waals surface area contributed by atoms with Gasteiger partial charge in [0.15, 0.2) is 0 Å². The molecule has 0 spiro atoms. The third-order valence-electron chi connectivity index (χ3n) is 5.30. The number of fused-ring (bicyclic) bond motifs is 1. The van der Waals surface area contributed by atoms with Crippen molar-refractivity contribution in [3.63, 3.8) is 0 Å². The van der Waals surface area contributed by atoms with Gasteiger partial charge in [-0.05, 0) is 57.5 Å². The van der Waals surface area contributed by atoms with Gasteiger partial charge in [0.2, 0.25) is 5.89 Å². The molecule has 0 fully saturated rings. The molecule has 1 aromatic carbocycles. The summed E-state index contributed by atoms with van der Waals surface area (Å²) in [5.74, 6) is 1.34.